The number of hydrogen-bond acceptors (Lipinski definition) is 4. The van der Waals surface area contributed by atoms with Gasteiger partial charge in [0.25, 0.3) is 5.56 Å². The molecule has 0 atom stereocenters. The number of nitrogens with zero attached hydrogens (tertiary/aromatic N) is 3. The van der Waals surface area contributed by atoms with Crippen molar-refractivity contribution < 1.29 is 4.79 Å². The fourth-order valence-electron chi connectivity index (χ4n) is 1.97. The number of likely N-dealkylation sites (N-methyl/N-ethyl adjacent to an activating group) is 1. The molecule has 0 N–H and O–H groups in total. The molecule has 116 valence electrons. The number of carbonyl (C=O) groups is 1. The van der Waals surface area contributed by atoms with Crippen LogP contribution in [0.25, 0.3) is 6.08 Å². The van der Waals surface area contributed by atoms with Crippen LogP contribution in [-0.2, 0) is 25.4 Å². The van der Waals surface area contributed by atoms with Crippen molar-refractivity contribution in [1.29, 1.82) is 0 Å². The zero-order chi connectivity index (χ0) is 16.3. The second-order valence-corrected chi connectivity index (χ2v) is 5.78. The topological polar surface area (TPSA) is 64.3 Å². The van der Waals surface area contributed by atoms with Crippen molar-refractivity contribution in [2.75, 3.05) is 7.05 Å². The first-order chi connectivity index (χ1) is 10.4. The van der Waals surface area contributed by atoms with Crippen LogP contribution in [0.5, 0.6) is 0 Å². The highest BCUT2D eigenvalue weighted by atomic mass is 32.1. The van der Waals surface area contributed by atoms with Crippen LogP contribution in [0.3, 0.4) is 0 Å². The highest BCUT2D eigenvalue weighted by molar-refractivity contribution is 7.07. The van der Waals surface area contributed by atoms with Gasteiger partial charge in [-0.25, -0.2) is 4.79 Å². The Bertz CT molecular complexity index is 816. The van der Waals surface area contributed by atoms with E-state index in [1.165, 1.54) is 30.0 Å². The lowest BCUT2D eigenvalue weighted by Crippen LogP contribution is -2.37. The minimum absolute atomic E-state index is 0.206. The van der Waals surface area contributed by atoms with Gasteiger partial charge in [0.15, 0.2) is 0 Å². The van der Waals surface area contributed by atoms with Crippen LogP contribution in [0.4, 0.5) is 0 Å². The maximum Gasteiger partial charge on any atom is 0.330 e. The molecule has 0 aromatic carbocycles. The Kier molecular flexibility index (Phi) is 4.77. The van der Waals surface area contributed by atoms with E-state index in [2.05, 4.69) is 0 Å². The molecule has 0 aliphatic carbocycles. The lowest BCUT2D eigenvalue weighted by Gasteiger charge is -2.13. The molecule has 0 unspecified atom stereocenters. The summed E-state index contributed by atoms with van der Waals surface area (Å²) in [5, 5.41) is 3.94. The molecule has 1 amide bonds. The first kappa shape index (κ1) is 16.0. The van der Waals surface area contributed by atoms with Crippen molar-refractivity contribution in [1.82, 2.24) is 14.0 Å². The van der Waals surface area contributed by atoms with Gasteiger partial charge in [-0.15, -0.1) is 0 Å². The van der Waals surface area contributed by atoms with Gasteiger partial charge in [0.05, 0.1) is 5.56 Å². The van der Waals surface area contributed by atoms with Crippen molar-refractivity contribution in [3.8, 4) is 0 Å². The first-order valence-electron chi connectivity index (χ1n) is 6.61. The summed E-state index contributed by atoms with van der Waals surface area (Å²) in [6, 6.07) is 1.96. The third-order valence-corrected chi connectivity index (χ3v) is 3.99. The molecule has 0 saturated carbocycles. The summed E-state index contributed by atoms with van der Waals surface area (Å²) in [7, 11) is 4.67. The molecule has 6 nitrogen and oxygen atoms in total. The maximum absolute atomic E-state index is 12.1. The van der Waals surface area contributed by atoms with Crippen molar-refractivity contribution in [2.24, 2.45) is 14.1 Å². The Morgan fingerprint density at radius 3 is 2.73 bits per heavy atom. The van der Waals surface area contributed by atoms with E-state index >= 15 is 0 Å². The van der Waals surface area contributed by atoms with Crippen LogP contribution in [-0.4, -0.2) is 27.0 Å². The molecule has 0 radical (unpaired) electrons. The zero-order valence-electron chi connectivity index (χ0n) is 12.6. The van der Waals surface area contributed by atoms with Gasteiger partial charge < -0.3 is 9.47 Å². The summed E-state index contributed by atoms with van der Waals surface area (Å²) in [4.78, 5) is 37.2. The second-order valence-electron chi connectivity index (χ2n) is 5.00. The van der Waals surface area contributed by atoms with E-state index in [1.807, 2.05) is 16.8 Å². The summed E-state index contributed by atoms with van der Waals surface area (Å²) in [5.74, 6) is -0.206. The zero-order valence-corrected chi connectivity index (χ0v) is 13.5. The van der Waals surface area contributed by atoms with Gasteiger partial charge >= 0.3 is 5.69 Å². The smallest absolute Gasteiger partial charge is 0.330 e. The predicted molar refractivity (Wildman–Crippen MR) is 86.8 cm³/mol. The van der Waals surface area contributed by atoms with Crippen molar-refractivity contribution in [2.45, 2.75) is 6.54 Å². The number of thiophene rings is 1. The van der Waals surface area contributed by atoms with Crippen LogP contribution in [0.1, 0.15) is 11.1 Å². The van der Waals surface area contributed by atoms with Gasteiger partial charge in [0.2, 0.25) is 5.91 Å². The van der Waals surface area contributed by atoms with Crippen molar-refractivity contribution in [3.63, 3.8) is 0 Å². The molecule has 22 heavy (non-hydrogen) atoms. The van der Waals surface area contributed by atoms with Crippen molar-refractivity contribution >= 4 is 23.3 Å². The Morgan fingerprint density at radius 2 is 2.09 bits per heavy atom. The summed E-state index contributed by atoms with van der Waals surface area (Å²) in [6.45, 7) is 0.512. The number of amides is 1. The molecule has 0 bridgehead atoms. The van der Waals surface area contributed by atoms with E-state index in [0.717, 1.165) is 10.1 Å². The average molecular weight is 319 g/mol. The van der Waals surface area contributed by atoms with Gasteiger partial charge in [-0.05, 0) is 28.5 Å². The lowest BCUT2D eigenvalue weighted by molar-refractivity contribution is -0.125. The number of carbonyl (C=O) groups excluding carboxylic acids is 1. The third kappa shape index (κ3) is 3.43. The predicted octanol–water partition coefficient (Wildman–Crippen LogP) is 0.817. The fourth-order valence-corrected chi connectivity index (χ4v) is 2.63. The Morgan fingerprint density at radius 1 is 1.36 bits per heavy atom. The minimum atomic E-state index is -0.423. The van der Waals surface area contributed by atoms with E-state index < -0.39 is 11.2 Å². The summed E-state index contributed by atoms with van der Waals surface area (Å²) in [5.41, 5.74) is 0.532. The molecule has 2 aromatic heterocycles. The molecule has 0 aliphatic heterocycles. The fraction of sp³-hybridized carbons (Fsp3) is 0.267. The molecular formula is C15H17N3O3S. The highest BCUT2D eigenvalue weighted by Crippen LogP contribution is 2.08. The van der Waals surface area contributed by atoms with E-state index in [1.54, 1.807) is 30.3 Å². The van der Waals surface area contributed by atoms with Crippen LogP contribution >= 0.6 is 11.3 Å². The number of hydrogen-bond donors (Lipinski definition) is 0. The molecule has 0 spiro atoms. The molecule has 2 rings (SSSR count). The minimum Gasteiger partial charge on any atom is -0.338 e. The largest absolute Gasteiger partial charge is 0.338 e. The van der Waals surface area contributed by atoms with E-state index in [9.17, 15) is 14.4 Å². The van der Waals surface area contributed by atoms with Gasteiger partial charge in [0, 0.05) is 40.0 Å². The standard InChI is InChI=1S/C15H17N3O3S/c1-16(8-11-6-7-22-10-11)13(19)5-4-12-9-17(2)15(21)18(3)14(12)20/h4-7,9-10H,8H2,1-3H3. The monoisotopic (exact) mass is 319 g/mol. The first-order valence-corrected chi connectivity index (χ1v) is 7.55. The van der Waals surface area contributed by atoms with Gasteiger partial charge in [0.1, 0.15) is 0 Å². The molecule has 2 heterocycles. The van der Waals surface area contributed by atoms with E-state index in [0.29, 0.717) is 12.1 Å². The van der Waals surface area contributed by atoms with Crippen LogP contribution in [0.2, 0.25) is 0 Å². The van der Waals surface area contributed by atoms with Crippen LogP contribution < -0.4 is 11.2 Å². The Hall–Kier alpha value is -2.41. The number of rotatable bonds is 4. The summed E-state index contributed by atoms with van der Waals surface area (Å²) >= 11 is 1.58. The average Bonchev–Trinajstić information content (AvgIpc) is 3.00. The van der Waals surface area contributed by atoms with E-state index in [4.69, 9.17) is 0 Å². The molecule has 0 aliphatic rings. The maximum atomic E-state index is 12.1. The van der Waals surface area contributed by atoms with Crippen molar-refractivity contribution in [3.05, 3.63) is 61.1 Å². The van der Waals surface area contributed by atoms with Gasteiger partial charge in [-0.3, -0.25) is 14.2 Å². The summed E-state index contributed by atoms with van der Waals surface area (Å²) in [6.07, 6.45) is 4.20. The van der Waals surface area contributed by atoms with Gasteiger partial charge in [-0.2, -0.15) is 11.3 Å². The lowest BCUT2D eigenvalue weighted by atomic mass is 10.2. The normalized spacial score (nSPS) is 11.0. The Labute approximate surface area is 131 Å². The number of aromatic nitrogens is 2. The SMILES string of the molecule is CN(Cc1ccsc1)C(=O)C=Cc1cn(C)c(=O)n(C)c1=O. The molecule has 0 fully saturated rings. The van der Waals surface area contributed by atoms with Crippen LogP contribution in [0, 0.1) is 0 Å². The molecule has 0 saturated heterocycles. The molecular weight excluding hydrogens is 302 g/mol. The van der Waals surface area contributed by atoms with Gasteiger partial charge in [-0.1, -0.05) is 0 Å². The summed E-state index contributed by atoms with van der Waals surface area (Å²) < 4.78 is 2.32. The molecule has 2 aromatic rings. The second kappa shape index (κ2) is 6.57. The van der Waals surface area contributed by atoms with E-state index in [-0.39, 0.29) is 5.91 Å². The third-order valence-electron chi connectivity index (χ3n) is 3.25. The quantitative estimate of drug-likeness (QED) is 0.784. The van der Waals surface area contributed by atoms with Crippen LogP contribution in [0.15, 0.2) is 38.7 Å². The number of aryl methyl sites for hydroxylation is 1. The highest BCUT2D eigenvalue weighted by Gasteiger charge is 2.08. The Balaban J connectivity index is 2.16. The molecule has 7 heteroatoms.